The molecule has 2 amide bonds. The molecule has 2 aliphatic heterocycles. The fraction of sp³-hybridized carbons (Fsp3) is 0.875. The molecule has 0 aromatic rings. The number of likely N-dealkylation sites (tertiary alicyclic amines) is 1. The van der Waals surface area contributed by atoms with E-state index in [0.29, 0.717) is 26.1 Å². The minimum absolute atomic E-state index is 0. The van der Waals surface area contributed by atoms with Gasteiger partial charge in [0, 0.05) is 19.6 Å². The Hall–Kier alpha value is -0.860. The Morgan fingerprint density at radius 1 is 1.24 bits per heavy atom. The highest BCUT2D eigenvalue weighted by atomic mass is 35.5. The quantitative estimate of drug-likeness (QED) is 0.648. The van der Waals surface area contributed by atoms with E-state index in [1.54, 1.807) is 11.8 Å². The van der Waals surface area contributed by atoms with Gasteiger partial charge in [0.15, 0.2) is 9.84 Å². The van der Waals surface area contributed by atoms with Crippen LogP contribution in [0.4, 0.5) is 0 Å². The van der Waals surface area contributed by atoms with Gasteiger partial charge in [-0.05, 0) is 44.6 Å². The highest BCUT2D eigenvalue weighted by molar-refractivity contribution is 7.92. The summed E-state index contributed by atoms with van der Waals surface area (Å²) in [5.74, 6) is -0.424. The van der Waals surface area contributed by atoms with Gasteiger partial charge in [-0.25, -0.2) is 8.42 Å². The van der Waals surface area contributed by atoms with Crippen LogP contribution >= 0.6 is 12.4 Å². The zero-order valence-corrected chi connectivity index (χ0v) is 16.5. The lowest BCUT2D eigenvalue weighted by molar-refractivity contribution is -0.130. The van der Waals surface area contributed by atoms with Gasteiger partial charge >= 0.3 is 0 Å². The molecule has 7 nitrogen and oxygen atoms in total. The summed E-state index contributed by atoms with van der Waals surface area (Å²) in [6.45, 7) is 4.35. The molecule has 146 valence electrons. The van der Waals surface area contributed by atoms with Gasteiger partial charge in [0.05, 0.1) is 11.8 Å². The van der Waals surface area contributed by atoms with Gasteiger partial charge in [0.25, 0.3) is 0 Å². The zero-order chi connectivity index (χ0) is 17.6. The van der Waals surface area contributed by atoms with Crippen LogP contribution in [0.1, 0.15) is 39.0 Å². The predicted molar refractivity (Wildman–Crippen MR) is 99.5 cm³/mol. The summed E-state index contributed by atoms with van der Waals surface area (Å²) in [6, 6.07) is -0.0921. The number of sulfone groups is 1. The number of piperidine rings is 1. The van der Waals surface area contributed by atoms with Gasteiger partial charge in [-0.3, -0.25) is 9.59 Å². The third-order valence-electron chi connectivity index (χ3n) is 4.67. The van der Waals surface area contributed by atoms with Crippen molar-refractivity contribution in [2.45, 2.75) is 45.1 Å². The van der Waals surface area contributed by atoms with Crippen molar-refractivity contribution in [3.8, 4) is 0 Å². The largest absolute Gasteiger partial charge is 0.354 e. The summed E-state index contributed by atoms with van der Waals surface area (Å²) in [4.78, 5) is 25.9. The van der Waals surface area contributed by atoms with E-state index in [1.165, 1.54) is 0 Å². The third kappa shape index (κ3) is 7.11. The van der Waals surface area contributed by atoms with Crippen LogP contribution in [0.2, 0.25) is 0 Å². The van der Waals surface area contributed by atoms with Crippen molar-refractivity contribution in [1.29, 1.82) is 0 Å². The van der Waals surface area contributed by atoms with E-state index < -0.39 is 15.6 Å². The van der Waals surface area contributed by atoms with Crippen LogP contribution < -0.4 is 10.6 Å². The van der Waals surface area contributed by atoms with E-state index in [2.05, 4.69) is 10.6 Å². The number of carbonyl (C=O) groups is 2. The highest BCUT2D eigenvalue weighted by Gasteiger charge is 2.28. The van der Waals surface area contributed by atoms with Crippen LogP contribution in [0.3, 0.4) is 0 Å². The fourth-order valence-electron chi connectivity index (χ4n) is 3.40. The summed E-state index contributed by atoms with van der Waals surface area (Å²) < 4.78 is 23.6. The summed E-state index contributed by atoms with van der Waals surface area (Å²) >= 11 is 0. The molecular formula is C16H30ClN3O4S. The van der Waals surface area contributed by atoms with Crippen LogP contribution in [-0.2, 0) is 19.4 Å². The average Bonchev–Trinajstić information content (AvgIpc) is 3.07. The number of nitrogens with one attached hydrogen (secondary N) is 2. The lowest BCUT2D eigenvalue weighted by Gasteiger charge is -2.33. The first-order valence-corrected chi connectivity index (χ1v) is 10.7. The van der Waals surface area contributed by atoms with E-state index in [0.717, 1.165) is 32.2 Å². The van der Waals surface area contributed by atoms with Crippen molar-refractivity contribution in [1.82, 2.24) is 15.5 Å². The molecule has 0 saturated carbocycles. The van der Waals surface area contributed by atoms with E-state index >= 15 is 0 Å². The van der Waals surface area contributed by atoms with Crippen molar-refractivity contribution in [3.05, 3.63) is 0 Å². The second-order valence-electron chi connectivity index (χ2n) is 6.83. The normalized spacial score (nSPS) is 23.8. The summed E-state index contributed by atoms with van der Waals surface area (Å²) in [6.07, 6.45) is 4.22. The minimum atomic E-state index is -3.30. The van der Waals surface area contributed by atoms with E-state index in [9.17, 15) is 18.0 Å². The Bertz CT molecular complexity index is 550. The molecule has 9 heteroatoms. The van der Waals surface area contributed by atoms with E-state index in [-0.39, 0.29) is 41.9 Å². The molecule has 2 saturated heterocycles. The second-order valence-corrected chi connectivity index (χ2v) is 9.02. The molecule has 25 heavy (non-hydrogen) atoms. The van der Waals surface area contributed by atoms with Gasteiger partial charge in [-0.15, -0.1) is 12.4 Å². The Labute approximate surface area is 156 Å². The Morgan fingerprint density at radius 2 is 2.00 bits per heavy atom. The standard InChI is InChI=1S/C16H29N3O4S.ClH/c1-2-9-24(22,23)12-15(20)19-8-4-5-13(11-19)10-18-16(21)14-6-3-7-17-14;/h13-14,17H,2-12H2,1H3,(H,18,21);1H. The lowest BCUT2D eigenvalue weighted by atomic mass is 9.98. The molecule has 2 aliphatic rings. The van der Waals surface area contributed by atoms with Crippen molar-refractivity contribution in [2.24, 2.45) is 5.92 Å². The number of hydrogen-bond acceptors (Lipinski definition) is 5. The molecule has 2 fully saturated rings. The first-order valence-electron chi connectivity index (χ1n) is 8.90. The molecule has 0 spiro atoms. The Kier molecular flexibility index (Phi) is 9.16. The molecule has 2 N–H and O–H groups in total. The van der Waals surface area contributed by atoms with Gasteiger partial charge in [-0.2, -0.15) is 0 Å². The smallest absolute Gasteiger partial charge is 0.237 e. The maximum atomic E-state index is 12.2. The van der Waals surface area contributed by atoms with Gasteiger partial charge < -0.3 is 15.5 Å². The van der Waals surface area contributed by atoms with Gasteiger partial charge in [0.1, 0.15) is 5.75 Å². The molecule has 2 atom stereocenters. The number of carbonyl (C=O) groups excluding carboxylic acids is 2. The van der Waals surface area contributed by atoms with Gasteiger partial charge in [-0.1, -0.05) is 6.92 Å². The van der Waals surface area contributed by atoms with E-state index in [1.807, 2.05) is 0 Å². The Balaban J connectivity index is 0.00000312. The maximum Gasteiger partial charge on any atom is 0.237 e. The molecule has 0 radical (unpaired) electrons. The molecule has 0 aliphatic carbocycles. The number of nitrogens with zero attached hydrogens (tertiary/aromatic N) is 1. The fourth-order valence-corrected chi connectivity index (χ4v) is 4.72. The molecular weight excluding hydrogens is 366 g/mol. The molecule has 2 rings (SSSR count). The van der Waals surface area contributed by atoms with Crippen LogP contribution in [0.15, 0.2) is 0 Å². The van der Waals surface area contributed by atoms with Crippen LogP contribution in [0, 0.1) is 5.92 Å². The van der Waals surface area contributed by atoms with Gasteiger partial charge in [0.2, 0.25) is 11.8 Å². The highest BCUT2D eigenvalue weighted by Crippen LogP contribution is 2.17. The molecule has 2 heterocycles. The summed E-state index contributed by atoms with van der Waals surface area (Å²) in [5, 5.41) is 6.13. The van der Waals surface area contributed by atoms with Crippen LogP contribution in [0.25, 0.3) is 0 Å². The topological polar surface area (TPSA) is 95.6 Å². The maximum absolute atomic E-state index is 12.2. The van der Waals surface area contributed by atoms with Crippen molar-refractivity contribution in [2.75, 3.05) is 37.7 Å². The van der Waals surface area contributed by atoms with E-state index in [4.69, 9.17) is 0 Å². The Morgan fingerprint density at radius 3 is 2.64 bits per heavy atom. The summed E-state index contributed by atoms with van der Waals surface area (Å²) in [5.41, 5.74) is 0. The third-order valence-corrected chi connectivity index (χ3v) is 6.39. The number of hydrogen-bond donors (Lipinski definition) is 2. The molecule has 0 bridgehead atoms. The first-order chi connectivity index (χ1) is 11.4. The average molecular weight is 396 g/mol. The first kappa shape index (κ1) is 22.2. The molecule has 0 aromatic carbocycles. The monoisotopic (exact) mass is 395 g/mol. The number of rotatable bonds is 7. The number of halogens is 1. The van der Waals surface area contributed by atoms with Crippen LogP contribution in [-0.4, -0.2) is 68.9 Å². The SMILES string of the molecule is CCCS(=O)(=O)CC(=O)N1CCCC(CNC(=O)C2CCCN2)C1.Cl. The molecule has 2 unspecified atom stereocenters. The predicted octanol–water partition coefficient (Wildman–Crippen LogP) is 0.340. The minimum Gasteiger partial charge on any atom is -0.354 e. The second kappa shape index (κ2) is 10.3. The summed E-state index contributed by atoms with van der Waals surface area (Å²) in [7, 11) is -3.30. The van der Waals surface area contributed by atoms with Crippen molar-refractivity contribution < 1.29 is 18.0 Å². The molecule has 0 aromatic heterocycles. The number of amides is 2. The zero-order valence-electron chi connectivity index (χ0n) is 14.8. The van der Waals surface area contributed by atoms with Crippen molar-refractivity contribution >= 4 is 34.1 Å². The van der Waals surface area contributed by atoms with Crippen molar-refractivity contribution in [3.63, 3.8) is 0 Å². The lowest BCUT2D eigenvalue weighted by Crippen LogP contribution is -2.47. The van der Waals surface area contributed by atoms with Crippen LogP contribution in [0.5, 0.6) is 0 Å².